The van der Waals surface area contributed by atoms with Crippen molar-refractivity contribution in [3.8, 4) is 0 Å². The van der Waals surface area contributed by atoms with Gasteiger partial charge in [-0.2, -0.15) is 0 Å². The summed E-state index contributed by atoms with van der Waals surface area (Å²) in [6, 6.07) is 0. The van der Waals surface area contributed by atoms with Crippen LogP contribution in [0.5, 0.6) is 0 Å². The first-order valence-corrected chi connectivity index (χ1v) is 5.96. The summed E-state index contributed by atoms with van der Waals surface area (Å²) in [6.07, 6.45) is 0. The summed E-state index contributed by atoms with van der Waals surface area (Å²) in [6.45, 7) is 1.38. The van der Waals surface area contributed by atoms with E-state index in [-0.39, 0.29) is 5.41 Å². The molecule has 6 nitrogen and oxygen atoms in total. The molecule has 0 amide bonds. The predicted molar refractivity (Wildman–Crippen MR) is 44.5 cm³/mol. The summed E-state index contributed by atoms with van der Waals surface area (Å²) < 4.78 is 19.9. The normalized spacial score (nSPS) is 46.6. The fraction of sp³-hybridized carbons (Fsp3) is 1.00. The molecule has 2 saturated heterocycles. The van der Waals surface area contributed by atoms with Crippen LogP contribution in [-0.2, 0) is 18.1 Å². The zero-order valence-corrected chi connectivity index (χ0v) is 8.54. The monoisotopic (exact) mass is 228 g/mol. The van der Waals surface area contributed by atoms with Crippen molar-refractivity contribution in [1.82, 2.24) is 0 Å². The van der Waals surface area contributed by atoms with Gasteiger partial charge >= 0.3 is 17.2 Å². The molecule has 0 atom stereocenters. The van der Waals surface area contributed by atoms with E-state index in [0.29, 0.717) is 26.4 Å². The molecule has 2 aliphatic heterocycles. The van der Waals surface area contributed by atoms with Crippen LogP contribution in [0.1, 0.15) is 0 Å². The SMILES string of the molecule is OP1OCC2(CO1)COP(O)OC2. The standard InChI is InChI=1S/C5H10O6P2/c6-12-8-1-5(2-9-12)3-10-13(7)11-4-5/h6-7H,1-4H2. The van der Waals surface area contributed by atoms with Crippen LogP contribution < -0.4 is 0 Å². The summed E-state index contributed by atoms with van der Waals surface area (Å²) in [5.41, 5.74) is -0.358. The Morgan fingerprint density at radius 2 is 1.08 bits per heavy atom. The van der Waals surface area contributed by atoms with Crippen molar-refractivity contribution in [2.24, 2.45) is 5.41 Å². The number of hydrogen-bond acceptors (Lipinski definition) is 6. The first-order chi connectivity index (χ1) is 6.20. The predicted octanol–water partition coefficient (Wildman–Crippen LogP) is 0.505. The lowest BCUT2D eigenvalue weighted by Crippen LogP contribution is -2.44. The average Bonchev–Trinajstić information content (AvgIpc) is 2.16. The molecule has 8 heteroatoms. The molecule has 0 bridgehead atoms. The van der Waals surface area contributed by atoms with Crippen LogP contribution in [0.4, 0.5) is 0 Å². The molecule has 2 heterocycles. The fourth-order valence-corrected chi connectivity index (χ4v) is 2.78. The third kappa shape index (κ3) is 2.35. The molecule has 2 N–H and O–H groups in total. The van der Waals surface area contributed by atoms with Crippen molar-refractivity contribution >= 4 is 17.2 Å². The van der Waals surface area contributed by atoms with Gasteiger partial charge in [-0.25, -0.2) is 0 Å². The Kier molecular flexibility index (Phi) is 3.13. The lowest BCUT2D eigenvalue weighted by Gasteiger charge is -2.39. The molecule has 1 spiro atoms. The van der Waals surface area contributed by atoms with Gasteiger partial charge in [-0.1, -0.05) is 0 Å². The van der Waals surface area contributed by atoms with Crippen molar-refractivity contribution in [2.75, 3.05) is 26.4 Å². The molecule has 0 aliphatic carbocycles. The van der Waals surface area contributed by atoms with Gasteiger partial charge in [-0.05, 0) is 0 Å². The van der Waals surface area contributed by atoms with Crippen molar-refractivity contribution in [3.05, 3.63) is 0 Å². The summed E-state index contributed by atoms with van der Waals surface area (Å²) >= 11 is 0. The Balaban J connectivity index is 1.90. The largest absolute Gasteiger partial charge is 0.329 e. The molecule has 2 rings (SSSR count). The van der Waals surface area contributed by atoms with Gasteiger partial charge in [0.25, 0.3) is 0 Å². The third-order valence-electron chi connectivity index (χ3n) is 1.92. The van der Waals surface area contributed by atoms with Gasteiger partial charge < -0.3 is 27.9 Å². The van der Waals surface area contributed by atoms with E-state index in [2.05, 4.69) is 0 Å². The van der Waals surface area contributed by atoms with Crippen LogP contribution in [-0.4, -0.2) is 36.2 Å². The van der Waals surface area contributed by atoms with E-state index in [9.17, 15) is 0 Å². The maximum Gasteiger partial charge on any atom is 0.329 e. The Hall–Kier alpha value is 0.620. The van der Waals surface area contributed by atoms with Crippen LogP contribution >= 0.6 is 17.2 Å². The highest BCUT2D eigenvalue weighted by atomic mass is 31.2. The Morgan fingerprint density at radius 1 is 0.769 bits per heavy atom. The second-order valence-electron chi connectivity index (χ2n) is 3.07. The van der Waals surface area contributed by atoms with E-state index < -0.39 is 17.2 Å². The van der Waals surface area contributed by atoms with E-state index in [1.54, 1.807) is 0 Å². The average molecular weight is 228 g/mol. The Bertz CT molecular complexity index is 150. The minimum atomic E-state index is -1.72. The third-order valence-corrected chi connectivity index (χ3v) is 3.32. The number of hydrogen-bond donors (Lipinski definition) is 2. The quantitative estimate of drug-likeness (QED) is 0.588. The van der Waals surface area contributed by atoms with E-state index >= 15 is 0 Å². The highest BCUT2D eigenvalue weighted by Crippen LogP contribution is 2.48. The van der Waals surface area contributed by atoms with Gasteiger partial charge in [0.15, 0.2) is 0 Å². The van der Waals surface area contributed by atoms with Crippen molar-refractivity contribution < 1.29 is 27.9 Å². The first-order valence-electron chi connectivity index (χ1n) is 3.70. The molecule has 0 aromatic heterocycles. The van der Waals surface area contributed by atoms with Crippen LogP contribution in [0.3, 0.4) is 0 Å². The summed E-state index contributed by atoms with van der Waals surface area (Å²) in [4.78, 5) is 17.9. The van der Waals surface area contributed by atoms with Gasteiger partial charge in [0.2, 0.25) is 0 Å². The maximum atomic E-state index is 8.97. The van der Waals surface area contributed by atoms with Crippen molar-refractivity contribution in [1.29, 1.82) is 0 Å². The van der Waals surface area contributed by atoms with Crippen LogP contribution in [0.2, 0.25) is 0 Å². The van der Waals surface area contributed by atoms with Crippen LogP contribution in [0, 0.1) is 5.41 Å². The van der Waals surface area contributed by atoms with E-state index in [4.69, 9.17) is 27.9 Å². The van der Waals surface area contributed by atoms with Gasteiger partial charge in [-0.3, -0.25) is 0 Å². The second-order valence-corrected chi connectivity index (χ2v) is 5.05. The van der Waals surface area contributed by atoms with Gasteiger partial charge in [-0.15, -0.1) is 0 Å². The highest BCUT2D eigenvalue weighted by molar-refractivity contribution is 7.40. The Labute approximate surface area is 77.7 Å². The second kappa shape index (κ2) is 4.01. The molecule has 2 fully saturated rings. The smallest absolute Gasteiger partial charge is 0.328 e. The van der Waals surface area contributed by atoms with E-state index in [1.807, 2.05) is 0 Å². The van der Waals surface area contributed by atoms with Crippen molar-refractivity contribution in [3.63, 3.8) is 0 Å². The minimum Gasteiger partial charge on any atom is -0.328 e. The summed E-state index contributed by atoms with van der Waals surface area (Å²) in [7, 11) is -3.44. The number of rotatable bonds is 0. The molecule has 2 aliphatic rings. The fourth-order valence-electron chi connectivity index (χ4n) is 1.09. The van der Waals surface area contributed by atoms with Crippen LogP contribution in [0.15, 0.2) is 0 Å². The van der Waals surface area contributed by atoms with Crippen LogP contribution in [0.25, 0.3) is 0 Å². The van der Waals surface area contributed by atoms with E-state index in [1.165, 1.54) is 0 Å². The van der Waals surface area contributed by atoms with E-state index in [0.717, 1.165) is 0 Å². The zero-order chi connectivity index (χ0) is 9.31. The molecular weight excluding hydrogens is 218 g/mol. The molecule has 0 aromatic carbocycles. The Morgan fingerprint density at radius 3 is 1.38 bits per heavy atom. The topological polar surface area (TPSA) is 77.4 Å². The molecule has 0 radical (unpaired) electrons. The first kappa shape index (κ1) is 10.1. The maximum absolute atomic E-state index is 8.97. The minimum absolute atomic E-state index is 0.346. The molecule has 0 aromatic rings. The zero-order valence-electron chi connectivity index (χ0n) is 6.75. The van der Waals surface area contributed by atoms with Gasteiger partial charge in [0.1, 0.15) is 0 Å². The molecular formula is C5H10O6P2. The van der Waals surface area contributed by atoms with Crippen molar-refractivity contribution in [2.45, 2.75) is 0 Å². The molecule has 76 valence electrons. The van der Waals surface area contributed by atoms with Gasteiger partial charge in [0, 0.05) is 0 Å². The molecule has 13 heavy (non-hydrogen) atoms. The van der Waals surface area contributed by atoms with Gasteiger partial charge in [0.05, 0.1) is 31.8 Å². The summed E-state index contributed by atoms with van der Waals surface area (Å²) in [5, 5.41) is 0. The molecule has 0 saturated carbocycles. The summed E-state index contributed by atoms with van der Waals surface area (Å²) in [5.74, 6) is 0. The lowest BCUT2D eigenvalue weighted by atomic mass is 9.93. The highest BCUT2D eigenvalue weighted by Gasteiger charge is 2.42. The molecule has 0 unspecified atom stereocenters. The lowest BCUT2D eigenvalue weighted by molar-refractivity contribution is -0.0694.